The van der Waals surface area contributed by atoms with E-state index >= 15 is 0 Å². The Morgan fingerprint density at radius 1 is 1.69 bits per heavy atom. The number of hydrogen-bond donors (Lipinski definition) is 1. The molecule has 0 spiro atoms. The number of carbonyl (C=O) groups is 1. The molecular weight excluding hydrogens is 194 g/mol. The van der Waals surface area contributed by atoms with Crippen LogP contribution >= 0.6 is 0 Å². The maximum absolute atomic E-state index is 11.1. The van der Waals surface area contributed by atoms with E-state index in [4.69, 9.17) is 5.73 Å². The minimum Gasteiger partial charge on any atom is -0.318 e. The third-order valence-corrected chi connectivity index (χ3v) is 2.94. The molecule has 1 unspecified atom stereocenters. The lowest BCUT2D eigenvalue weighted by Gasteiger charge is -2.19. The molecule has 0 aromatic heterocycles. The molecule has 0 rings (SSSR count). The van der Waals surface area contributed by atoms with Gasteiger partial charge in [-0.3, -0.25) is 8.98 Å². The molecule has 0 aliphatic rings. The van der Waals surface area contributed by atoms with E-state index in [1.807, 2.05) is 0 Å². The fourth-order valence-electron chi connectivity index (χ4n) is 0.730. The first kappa shape index (κ1) is 12.3. The zero-order valence-corrected chi connectivity index (χ0v) is 8.43. The van der Waals surface area contributed by atoms with Gasteiger partial charge in [0.15, 0.2) is 5.78 Å². The standard InChI is InChI=1S/C7H13NO4S/c1-4-6(9)7(2,8)5-13(10,11)12-3/h4H,1,5,8H2,2-3H3. The average molecular weight is 207 g/mol. The van der Waals surface area contributed by atoms with Gasteiger partial charge >= 0.3 is 0 Å². The van der Waals surface area contributed by atoms with Crippen LogP contribution in [0.3, 0.4) is 0 Å². The Hall–Kier alpha value is -0.720. The number of carbonyl (C=O) groups excluding carboxylic acids is 1. The molecule has 0 heterocycles. The van der Waals surface area contributed by atoms with Crippen LogP contribution in [0.25, 0.3) is 0 Å². The average Bonchev–Trinajstić information content (AvgIpc) is 2.01. The maximum Gasteiger partial charge on any atom is 0.269 e. The lowest BCUT2D eigenvalue weighted by molar-refractivity contribution is -0.118. The normalized spacial score (nSPS) is 16.2. The van der Waals surface area contributed by atoms with Crippen molar-refractivity contribution in [1.82, 2.24) is 0 Å². The summed E-state index contributed by atoms with van der Waals surface area (Å²) in [6, 6.07) is 0. The first-order valence-corrected chi connectivity index (χ1v) is 5.07. The Balaban J connectivity index is 4.70. The van der Waals surface area contributed by atoms with Gasteiger partial charge in [-0.1, -0.05) is 6.58 Å². The van der Waals surface area contributed by atoms with E-state index in [9.17, 15) is 13.2 Å². The van der Waals surface area contributed by atoms with Gasteiger partial charge in [-0.25, -0.2) is 0 Å². The number of rotatable bonds is 5. The minimum atomic E-state index is -3.73. The van der Waals surface area contributed by atoms with Gasteiger partial charge in [0.05, 0.1) is 12.6 Å². The molecule has 0 aromatic rings. The summed E-state index contributed by atoms with van der Waals surface area (Å²) in [6.45, 7) is 4.53. The fraction of sp³-hybridized carbons (Fsp3) is 0.571. The van der Waals surface area contributed by atoms with Crippen molar-refractivity contribution in [3.05, 3.63) is 12.7 Å². The molecule has 1 atom stereocenters. The van der Waals surface area contributed by atoms with E-state index in [2.05, 4.69) is 10.8 Å². The van der Waals surface area contributed by atoms with Crippen LogP contribution < -0.4 is 5.73 Å². The highest BCUT2D eigenvalue weighted by Gasteiger charge is 2.32. The summed E-state index contributed by atoms with van der Waals surface area (Å²) in [5.41, 5.74) is 3.98. The number of hydrogen-bond acceptors (Lipinski definition) is 5. The summed E-state index contributed by atoms with van der Waals surface area (Å²) in [5.74, 6) is -1.09. The quantitative estimate of drug-likeness (QED) is 0.482. The lowest BCUT2D eigenvalue weighted by Crippen LogP contribution is -2.49. The summed E-state index contributed by atoms with van der Waals surface area (Å²) >= 11 is 0. The van der Waals surface area contributed by atoms with Crippen molar-refractivity contribution in [2.75, 3.05) is 12.9 Å². The second kappa shape index (κ2) is 3.99. The number of nitrogens with two attached hydrogens (primary N) is 1. The largest absolute Gasteiger partial charge is 0.318 e. The SMILES string of the molecule is C=CC(=O)C(C)(N)CS(=O)(=O)OC. The molecule has 13 heavy (non-hydrogen) atoms. The molecule has 0 fully saturated rings. The van der Waals surface area contributed by atoms with Crippen molar-refractivity contribution in [2.24, 2.45) is 5.73 Å². The van der Waals surface area contributed by atoms with Crippen LogP contribution in [-0.4, -0.2) is 32.6 Å². The van der Waals surface area contributed by atoms with E-state index in [-0.39, 0.29) is 0 Å². The van der Waals surface area contributed by atoms with Crippen molar-refractivity contribution in [3.63, 3.8) is 0 Å². The predicted octanol–water partition coefficient (Wildman–Crippen LogP) is -0.565. The predicted molar refractivity (Wildman–Crippen MR) is 48.6 cm³/mol. The Morgan fingerprint density at radius 3 is 2.46 bits per heavy atom. The Labute approximate surface area is 77.7 Å². The molecule has 0 radical (unpaired) electrons. The monoisotopic (exact) mass is 207 g/mol. The summed E-state index contributed by atoms with van der Waals surface area (Å²) in [5, 5.41) is 0. The molecule has 0 aliphatic carbocycles. The summed E-state index contributed by atoms with van der Waals surface area (Å²) in [7, 11) is -2.71. The molecule has 0 saturated heterocycles. The highest BCUT2D eigenvalue weighted by atomic mass is 32.2. The highest BCUT2D eigenvalue weighted by Crippen LogP contribution is 2.07. The Morgan fingerprint density at radius 2 is 2.15 bits per heavy atom. The van der Waals surface area contributed by atoms with Crippen molar-refractivity contribution in [3.8, 4) is 0 Å². The summed E-state index contributed by atoms with van der Waals surface area (Å²) in [6.07, 6.45) is 0.991. The molecular formula is C7H13NO4S. The van der Waals surface area contributed by atoms with Crippen LogP contribution in [0.2, 0.25) is 0 Å². The van der Waals surface area contributed by atoms with Crippen LogP contribution in [-0.2, 0) is 19.1 Å². The van der Waals surface area contributed by atoms with Crippen molar-refractivity contribution >= 4 is 15.9 Å². The smallest absolute Gasteiger partial charge is 0.269 e. The molecule has 0 aliphatic heterocycles. The van der Waals surface area contributed by atoms with Crippen molar-refractivity contribution < 1.29 is 17.4 Å². The third kappa shape index (κ3) is 3.67. The molecule has 76 valence electrons. The molecule has 0 bridgehead atoms. The van der Waals surface area contributed by atoms with Gasteiger partial charge in [-0.2, -0.15) is 8.42 Å². The lowest BCUT2D eigenvalue weighted by atomic mass is 10.0. The van der Waals surface area contributed by atoms with E-state index in [1.165, 1.54) is 6.92 Å². The van der Waals surface area contributed by atoms with Gasteiger partial charge in [0.1, 0.15) is 5.75 Å². The van der Waals surface area contributed by atoms with Crippen LogP contribution in [0, 0.1) is 0 Å². The van der Waals surface area contributed by atoms with Gasteiger partial charge in [-0.05, 0) is 13.0 Å². The van der Waals surface area contributed by atoms with Crippen LogP contribution in [0.4, 0.5) is 0 Å². The molecule has 0 saturated carbocycles. The van der Waals surface area contributed by atoms with E-state index < -0.39 is 27.2 Å². The molecule has 5 nitrogen and oxygen atoms in total. The first-order chi connectivity index (χ1) is 5.75. The van der Waals surface area contributed by atoms with E-state index in [1.54, 1.807) is 0 Å². The molecule has 0 amide bonds. The van der Waals surface area contributed by atoms with Crippen LogP contribution in [0.1, 0.15) is 6.92 Å². The minimum absolute atomic E-state index is 0.534. The van der Waals surface area contributed by atoms with Gasteiger partial charge in [0.25, 0.3) is 10.1 Å². The zero-order valence-electron chi connectivity index (χ0n) is 7.61. The Kier molecular flexibility index (Phi) is 3.77. The summed E-state index contributed by atoms with van der Waals surface area (Å²) in [4.78, 5) is 11.1. The number of ketones is 1. The topological polar surface area (TPSA) is 86.5 Å². The van der Waals surface area contributed by atoms with Gasteiger partial charge in [0.2, 0.25) is 0 Å². The van der Waals surface area contributed by atoms with Gasteiger partial charge in [-0.15, -0.1) is 0 Å². The van der Waals surface area contributed by atoms with Gasteiger partial charge in [0, 0.05) is 0 Å². The second-order valence-electron chi connectivity index (χ2n) is 2.85. The maximum atomic E-state index is 11.1. The zero-order chi connectivity index (χ0) is 10.7. The van der Waals surface area contributed by atoms with Crippen LogP contribution in [0.15, 0.2) is 12.7 Å². The molecule has 0 aromatic carbocycles. The third-order valence-electron chi connectivity index (χ3n) is 1.48. The Bertz CT molecular complexity index is 304. The molecule has 2 N–H and O–H groups in total. The van der Waals surface area contributed by atoms with E-state index in [0.717, 1.165) is 13.2 Å². The molecule has 6 heteroatoms. The van der Waals surface area contributed by atoms with Gasteiger partial charge < -0.3 is 5.73 Å². The fourth-order valence-corrected chi connectivity index (χ4v) is 1.73. The van der Waals surface area contributed by atoms with Crippen molar-refractivity contribution in [2.45, 2.75) is 12.5 Å². The first-order valence-electron chi connectivity index (χ1n) is 3.49. The summed E-state index contributed by atoms with van der Waals surface area (Å²) < 4.78 is 26.1. The van der Waals surface area contributed by atoms with Crippen LogP contribution in [0.5, 0.6) is 0 Å². The van der Waals surface area contributed by atoms with Crippen molar-refractivity contribution in [1.29, 1.82) is 0 Å². The second-order valence-corrected chi connectivity index (χ2v) is 4.59. The highest BCUT2D eigenvalue weighted by molar-refractivity contribution is 7.86. The van der Waals surface area contributed by atoms with E-state index in [0.29, 0.717) is 0 Å².